The average molecular weight is 358 g/mol. The van der Waals surface area contributed by atoms with E-state index in [4.69, 9.17) is 11.6 Å². The zero-order valence-electron chi connectivity index (χ0n) is 11.3. The van der Waals surface area contributed by atoms with Gasteiger partial charge in [-0.05, 0) is 50.6 Å². The number of amides is 1. The van der Waals surface area contributed by atoms with Gasteiger partial charge in [0.1, 0.15) is 0 Å². The molecule has 20 heavy (non-hydrogen) atoms. The van der Waals surface area contributed by atoms with Crippen LogP contribution in [0.15, 0.2) is 22.7 Å². The fourth-order valence-corrected chi connectivity index (χ4v) is 3.72. The highest BCUT2D eigenvalue weighted by Gasteiger charge is 2.32. The van der Waals surface area contributed by atoms with Crippen LogP contribution in [-0.4, -0.2) is 47.9 Å². The molecule has 1 aromatic rings. The summed E-state index contributed by atoms with van der Waals surface area (Å²) in [5, 5.41) is 0.530. The Balaban J connectivity index is 1.70. The normalized spacial score (nSPS) is 23.5. The number of carbonyl (C=O) groups excluding carboxylic acids is 1. The van der Waals surface area contributed by atoms with Crippen molar-refractivity contribution in [2.75, 3.05) is 26.2 Å². The summed E-state index contributed by atoms with van der Waals surface area (Å²) >= 11 is 9.56. The molecule has 0 unspecified atom stereocenters. The lowest BCUT2D eigenvalue weighted by molar-refractivity contribution is 0.0780. The molecule has 1 aromatic carbocycles. The number of rotatable bonds is 2. The molecule has 0 bridgehead atoms. The topological polar surface area (TPSA) is 23.6 Å². The van der Waals surface area contributed by atoms with Crippen LogP contribution in [0.2, 0.25) is 5.02 Å². The predicted molar refractivity (Wildman–Crippen MR) is 84.3 cm³/mol. The summed E-state index contributed by atoms with van der Waals surface area (Å²) in [7, 11) is 0. The molecule has 2 aliphatic rings. The van der Waals surface area contributed by atoms with Crippen molar-refractivity contribution in [3.05, 3.63) is 33.3 Å². The van der Waals surface area contributed by atoms with Crippen LogP contribution in [0.4, 0.5) is 0 Å². The number of carbonyl (C=O) groups is 1. The Morgan fingerprint density at radius 1 is 1.25 bits per heavy atom. The summed E-state index contributed by atoms with van der Waals surface area (Å²) in [5.74, 6) is 0.0537. The first-order valence-corrected chi connectivity index (χ1v) is 8.30. The Morgan fingerprint density at radius 2 is 2.00 bits per heavy atom. The van der Waals surface area contributed by atoms with Gasteiger partial charge in [0, 0.05) is 23.6 Å². The summed E-state index contributed by atoms with van der Waals surface area (Å²) in [6, 6.07) is 5.98. The Labute approximate surface area is 133 Å². The van der Waals surface area contributed by atoms with E-state index < -0.39 is 0 Å². The molecule has 2 aliphatic heterocycles. The van der Waals surface area contributed by atoms with Gasteiger partial charge in [0.25, 0.3) is 5.91 Å². The van der Waals surface area contributed by atoms with E-state index >= 15 is 0 Å². The van der Waals surface area contributed by atoms with Crippen molar-refractivity contribution in [3.63, 3.8) is 0 Å². The minimum absolute atomic E-state index is 0.0537. The summed E-state index contributed by atoms with van der Waals surface area (Å²) in [6.45, 7) is 4.04. The molecule has 1 amide bonds. The van der Waals surface area contributed by atoms with Gasteiger partial charge in [0.05, 0.1) is 10.6 Å². The fourth-order valence-electron chi connectivity index (χ4n) is 3.16. The Hall–Kier alpha value is -0.580. The first-order chi connectivity index (χ1) is 9.65. The van der Waals surface area contributed by atoms with Crippen molar-refractivity contribution >= 4 is 33.4 Å². The average Bonchev–Trinajstić information content (AvgIpc) is 3.10. The van der Waals surface area contributed by atoms with Crippen LogP contribution >= 0.6 is 27.5 Å². The third-order valence-electron chi connectivity index (χ3n) is 4.27. The molecule has 0 radical (unpaired) electrons. The summed E-state index contributed by atoms with van der Waals surface area (Å²) in [4.78, 5) is 17.0. The van der Waals surface area contributed by atoms with E-state index in [-0.39, 0.29) is 5.91 Å². The number of likely N-dealkylation sites (tertiary alicyclic amines) is 2. The van der Waals surface area contributed by atoms with Gasteiger partial charge in [0.15, 0.2) is 0 Å². The van der Waals surface area contributed by atoms with Gasteiger partial charge in [0.2, 0.25) is 0 Å². The quantitative estimate of drug-likeness (QED) is 0.810. The fraction of sp³-hybridized carbons (Fsp3) is 0.533. The van der Waals surface area contributed by atoms with Gasteiger partial charge in [-0.2, -0.15) is 0 Å². The number of halogens is 2. The van der Waals surface area contributed by atoms with E-state index in [2.05, 4.69) is 20.8 Å². The van der Waals surface area contributed by atoms with Crippen molar-refractivity contribution in [3.8, 4) is 0 Å². The third-order valence-corrected chi connectivity index (χ3v) is 5.09. The highest BCUT2D eigenvalue weighted by atomic mass is 79.9. The lowest BCUT2D eigenvalue weighted by atomic mass is 10.2. The molecule has 0 spiro atoms. The van der Waals surface area contributed by atoms with Gasteiger partial charge in [-0.3, -0.25) is 9.69 Å². The molecule has 0 aliphatic carbocycles. The first-order valence-electron chi connectivity index (χ1n) is 7.13. The third kappa shape index (κ3) is 2.87. The van der Waals surface area contributed by atoms with Crippen molar-refractivity contribution in [2.24, 2.45) is 0 Å². The Kier molecular flexibility index (Phi) is 4.34. The zero-order valence-corrected chi connectivity index (χ0v) is 13.7. The maximum absolute atomic E-state index is 12.6. The van der Waals surface area contributed by atoms with Crippen LogP contribution in [0.25, 0.3) is 0 Å². The summed E-state index contributed by atoms with van der Waals surface area (Å²) in [5.41, 5.74) is 0.600. The largest absolute Gasteiger partial charge is 0.337 e. The van der Waals surface area contributed by atoms with E-state index in [0.717, 1.165) is 24.0 Å². The smallest absolute Gasteiger partial charge is 0.255 e. The minimum atomic E-state index is 0.0537. The van der Waals surface area contributed by atoms with Gasteiger partial charge < -0.3 is 4.90 Å². The number of hydrogen-bond donors (Lipinski definition) is 0. The van der Waals surface area contributed by atoms with E-state index in [1.165, 1.54) is 25.9 Å². The second kappa shape index (κ2) is 6.04. The Bertz CT molecular complexity index is 517. The molecule has 108 valence electrons. The second-order valence-corrected chi connectivity index (χ2v) is 6.88. The second-order valence-electron chi connectivity index (χ2n) is 5.56. The van der Waals surface area contributed by atoms with Crippen LogP contribution in [0.3, 0.4) is 0 Å². The van der Waals surface area contributed by atoms with Crippen LogP contribution in [-0.2, 0) is 0 Å². The van der Waals surface area contributed by atoms with E-state index in [1.54, 1.807) is 6.07 Å². The van der Waals surface area contributed by atoms with E-state index in [1.807, 2.05) is 17.0 Å². The number of nitrogens with zero attached hydrogens (tertiary/aromatic N) is 2. The van der Waals surface area contributed by atoms with Crippen LogP contribution in [0, 0.1) is 0 Å². The van der Waals surface area contributed by atoms with Crippen molar-refractivity contribution in [1.29, 1.82) is 0 Å². The molecule has 0 aromatic heterocycles. The van der Waals surface area contributed by atoms with E-state index in [9.17, 15) is 4.79 Å². The van der Waals surface area contributed by atoms with Crippen LogP contribution in [0.1, 0.15) is 29.6 Å². The lowest BCUT2D eigenvalue weighted by Gasteiger charge is -2.23. The lowest BCUT2D eigenvalue weighted by Crippen LogP contribution is -2.37. The number of benzene rings is 1. The molecule has 1 atom stereocenters. The molecule has 0 saturated carbocycles. The van der Waals surface area contributed by atoms with Crippen molar-refractivity contribution in [1.82, 2.24) is 9.80 Å². The summed E-state index contributed by atoms with van der Waals surface area (Å²) < 4.78 is 0.889. The monoisotopic (exact) mass is 356 g/mol. The SMILES string of the molecule is O=C(c1cc(Br)ccc1Cl)N1CC[C@@H](N2CCCC2)C1. The van der Waals surface area contributed by atoms with Gasteiger partial charge >= 0.3 is 0 Å². The molecular formula is C15H18BrClN2O. The van der Waals surface area contributed by atoms with Gasteiger partial charge in [-0.15, -0.1) is 0 Å². The molecule has 5 heteroatoms. The first kappa shape index (κ1) is 14.4. The van der Waals surface area contributed by atoms with Crippen molar-refractivity contribution < 1.29 is 4.79 Å². The van der Waals surface area contributed by atoms with Crippen molar-refractivity contribution in [2.45, 2.75) is 25.3 Å². The Morgan fingerprint density at radius 3 is 2.75 bits per heavy atom. The molecule has 2 fully saturated rings. The molecule has 2 heterocycles. The highest BCUT2D eigenvalue weighted by molar-refractivity contribution is 9.10. The highest BCUT2D eigenvalue weighted by Crippen LogP contribution is 2.26. The minimum Gasteiger partial charge on any atom is -0.337 e. The van der Waals surface area contributed by atoms with Crippen LogP contribution in [0.5, 0.6) is 0 Å². The molecular weight excluding hydrogens is 340 g/mol. The van der Waals surface area contributed by atoms with Gasteiger partial charge in [-0.25, -0.2) is 0 Å². The maximum Gasteiger partial charge on any atom is 0.255 e. The molecule has 3 nitrogen and oxygen atoms in total. The molecule has 2 saturated heterocycles. The van der Waals surface area contributed by atoms with E-state index in [0.29, 0.717) is 16.6 Å². The number of hydrogen-bond acceptors (Lipinski definition) is 2. The zero-order chi connectivity index (χ0) is 14.1. The maximum atomic E-state index is 12.6. The molecule has 3 rings (SSSR count). The predicted octanol–water partition coefficient (Wildman–Crippen LogP) is 3.41. The molecule has 0 N–H and O–H groups in total. The van der Waals surface area contributed by atoms with Crippen LogP contribution < -0.4 is 0 Å². The standard InChI is InChI=1S/C15H18BrClN2O/c16-11-3-4-14(17)13(9-11)15(20)19-8-5-12(10-19)18-6-1-2-7-18/h3-4,9,12H,1-2,5-8,10H2/t12-/m1/s1. The summed E-state index contributed by atoms with van der Waals surface area (Å²) in [6.07, 6.45) is 3.67. The van der Waals surface area contributed by atoms with Gasteiger partial charge in [-0.1, -0.05) is 27.5 Å².